The van der Waals surface area contributed by atoms with E-state index in [0.29, 0.717) is 10.6 Å². The molecule has 0 fully saturated rings. The monoisotopic (exact) mass is 323 g/mol. The van der Waals surface area contributed by atoms with E-state index < -0.39 is 17.7 Å². The number of hydrogen-bond acceptors (Lipinski definition) is 7. The summed E-state index contributed by atoms with van der Waals surface area (Å²) in [6.45, 7) is 7.35. The summed E-state index contributed by atoms with van der Waals surface area (Å²) < 4.78 is 10.8. The van der Waals surface area contributed by atoms with E-state index in [-0.39, 0.29) is 12.3 Å². The highest BCUT2D eigenvalue weighted by atomic mass is 32.1. The van der Waals surface area contributed by atoms with Gasteiger partial charge in [0, 0.05) is 0 Å². The number of fused-ring (bicyclic) bond motifs is 1. The predicted molar refractivity (Wildman–Crippen MR) is 83.2 cm³/mol. The van der Waals surface area contributed by atoms with Gasteiger partial charge in [0.05, 0.1) is 17.5 Å². The summed E-state index contributed by atoms with van der Waals surface area (Å²) >= 11 is 1.23. The highest BCUT2D eigenvalue weighted by molar-refractivity contribution is 7.22. The number of hydrogen-bond donors (Lipinski definition) is 1. The number of nitrogens with zero attached hydrogens (tertiary/aromatic N) is 2. The molecule has 0 unspecified atom stereocenters. The number of ether oxygens (including phenoxy) is 2. The van der Waals surface area contributed by atoms with Crippen LogP contribution < -0.4 is 5.32 Å². The lowest BCUT2D eigenvalue weighted by Gasteiger charge is -2.18. The van der Waals surface area contributed by atoms with Crippen LogP contribution in [0.15, 0.2) is 12.3 Å². The van der Waals surface area contributed by atoms with Crippen LogP contribution in [0.4, 0.5) is 9.93 Å². The van der Waals surface area contributed by atoms with Crippen LogP contribution >= 0.6 is 11.3 Å². The number of carbonyl (C=O) groups is 2. The normalized spacial score (nSPS) is 11.3. The van der Waals surface area contributed by atoms with Gasteiger partial charge in [0.1, 0.15) is 16.8 Å². The third-order valence-corrected chi connectivity index (χ3v) is 3.30. The third kappa shape index (κ3) is 4.14. The SMILES string of the molecule is CCOC(=O)c1cc2sc(NC(=O)OC(C)(C)C)nc2cn1. The van der Waals surface area contributed by atoms with E-state index in [2.05, 4.69) is 15.3 Å². The number of amides is 1. The fourth-order valence-electron chi connectivity index (χ4n) is 1.59. The average Bonchev–Trinajstić information content (AvgIpc) is 2.77. The van der Waals surface area contributed by atoms with E-state index in [1.165, 1.54) is 17.5 Å². The standard InChI is InChI=1S/C14H17N3O4S/c1-5-20-11(18)8-6-10-9(7-15-8)16-12(22-10)17-13(19)21-14(2,3)4/h6-7H,5H2,1-4H3,(H,16,17,19). The Labute approximate surface area is 131 Å². The lowest BCUT2D eigenvalue weighted by Crippen LogP contribution is -2.27. The van der Waals surface area contributed by atoms with Gasteiger partial charge in [-0.15, -0.1) is 0 Å². The van der Waals surface area contributed by atoms with E-state index in [1.54, 1.807) is 33.8 Å². The molecule has 2 rings (SSSR count). The number of thiazole rings is 1. The van der Waals surface area contributed by atoms with Crippen LogP contribution in [-0.4, -0.2) is 34.2 Å². The topological polar surface area (TPSA) is 90.4 Å². The molecular formula is C14H17N3O4S. The van der Waals surface area contributed by atoms with E-state index >= 15 is 0 Å². The first-order valence-electron chi connectivity index (χ1n) is 6.72. The summed E-state index contributed by atoms with van der Waals surface area (Å²) in [5.74, 6) is -0.487. The van der Waals surface area contributed by atoms with Crippen molar-refractivity contribution in [3.05, 3.63) is 18.0 Å². The Morgan fingerprint density at radius 2 is 2.09 bits per heavy atom. The maximum absolute atomic E-state index is 11.7. The number of anilines is 1. The van der Waals surface area contributed by atoms with Crippen molar-refractivity contribution in [3.63, 3.8) is 0 Å². The van der Waals surface area contributed by atoms with Gasteiger partial charge in [-0.25, -0.2) is 19.6 Å². The number of carbonyl (C=O) groups excluding carboxylic acids is 2. The van der Waals surface area contributed by atoms with E-state index in [1.807, 2.05) is 0 Å². The Balaban J connectivity index is 2.17. The molecule has 0 aliphatic rings. The smallest absolute Gasteiger partial charge is 0.413 e. The highest BCUT2D eigenvalue weighted by Gasteiger charge is 2.18. The minimum atomic E-state index is -0.584. The molecule has 7 nitrogen and oxygen atoms in total. The van der Waals surface area contributed by atoms with Gasteiger partial charge in [-0.05, 0) is 33.8 Å². The van der Waals surface area contributed by atoms with Crippen LogP contribution in [0.5, 0.6) is 0 Å². The van der Waals surface area contributed by atoms with Gasteiger partial charge < -0.3 is 9.47 Å². The second kappa shape index (κ2) is 6.27. The van der Waals surface area contributed by atoms with Gasteiger partial charge in [0.15, 0.2) is 5.13 Å². The van der Waals surface area contributed by atoms with Crippen molar-refractivity contribution >= 4 is 38.7 Å². The van der Waals surface area contributed by atoms with Crippen LogP contribution in [-0.2, 0) is 9.47 Å². The molecule has 1 N–H and O–H groups in total. The molecule has 0 aliphatic heterocycles. The molecule has 0 bridgehead atoms. The zero-order valence-electron chi connectivity index (χ0n) is 12.8. The second-order valence-electron chi connectivity index (χ2n) is 5.40. The third-order valence-electron chi connectivity index (χ3n) is 2.37. The number of esters is 1. The molecule has 0 spiro atoms. The molecule has 1 amide bonds. The van der Waals surface area contributed by atoms with Gasteiger partial charge in [-0.2, -0.15) is 0 Å². The van der Waals surface area contributed by atoms with Crippen LogP contribution in [0, 0.1) is 0 Å². The Kier molecular flexibility index (Phi) is 4.60. The van der Waals surface area contributed by atoms with Gasteiger partial charge in [0.25, 0.3) is 0 Å². The molecule has 118 valence electrons. The summed E-state index contributed by atoms with van der Waals surface area (Å²) in [6.07, 6.45) is 0.892. The fourth-order valence-corrected chi connectivity index (χ4v) is 2.45. The van der Waals surface area contributed by atoms with Gasteiger partial charge >= 0.3 is 12.1 Å². The summed E-state index contributed by atoms with van der Waals surface area (Å²) in [5.41, 5.74) is 0.213. The molecule has 0 aromatic carbocycles. The number of nitrogens with one attached hydrogen (secondary N) is 1. The lowest BCUT2D eigenvalue weighted by atomic mass is 10.2. The molecule has 0 atom stereocenters. The highest BCUT2D eigenvalue weighted by Crippen LogP contribution is 2.26. The van der Waals surface area contributed by atoms with Crippen molar-refractivity contribution in [3.8, 4) is 0 Å². The van der Waals surface area contributed by atoms with Crippen molar-refractivity contribution in [2.24, 2.45) is 0 Å². The minimum absolute atomic E-state index is 0.210. The maximum Gasteiger partial charge on any atom is 0.413 e. The molecule has 0 saturated heterocycles. The first-order chi connectivity index (χ1) is 10.3. The summed E-state index contributed by atoms with van der Waals surface area (Å²) in [6, 6.07) is 1.59. The molecule has 2 aromatic rings. The number of pyridine rings is 1. The summed E-state index contributed by atoms with van der Waals surface area (Å²) in [4.78, 5) is 31.6. The zero-order valence-corrected chi connectivity index (χ0v) is 13.6. The minimum Gasteiger partial charge on any atom is -0.461 e. The number of rotatable bonds is 3. The second-order valence-corrected chi connectivity index (χ2v) is 6.43. The Bertz CT molecular complexity index is 706. The Hall–Kier alpha value is -2.22. The maximum atomic E-state index is 11.7. The van der Waals surface area contributed by atoms with E-state index in [0.717, 1.165) is 4.70 Å². The van der Waals surface area contributed by atoms with Crippen molar-refractivity contribution in [2.45, 2.75) is 33.3 Å². The van der Waals surface area contributed by atoms with Crippen molar-refractivity contribution in [1.29, 1.82) is 0 Å². The van der Waals surface area contributed by atoms with Crippen LogP contribution in [0.25, 0.3) is 10.2 Å². The molecule has 22 heavy (non-hydrogen) atoms. The van der Waals surface area contributed by atoms with Gasteiger partial charge in [0.2, 0.25) is 0 Å². The molecule has 2 aromatic heterocycles. The first-order valence-corrected chi connectivity index (χ1v) is 7.54. The first kappa shape index (κ1) is 16.2. The molecular weight excluding hydrogens is 306 g/mol. The molecule has 2 heterocycles. The summed E-state index contributed by atoms with van der Waals surface area (Å²) in [5, 5.41) is 2.95. The molecule has 0 saturated carbocycles. The van der Waals surface area contributed by atoms with Crippen LogP contribution in [0.2, 0.25) is 0 Å². The van der Waals surface area contributed by atoms with Crippen LogP contribution in [0.3, 0.4) is 0 Å². The van der Waals surface area contributed by atoms with E-state index in [4.69, 9.17) is 9.47 Å². The Morgan fingerprint density at radius 3 is 2.73 bits per heavy atom. The molecule has 0 aliphatic carbocycles. The molecule has 8 heteroatoms. The average molecular weight is 323 g/mol. The predicted octanol–water partition coefficient (Wildman–Crippen LogP) is 3.22. The largest absolute Gasteiger partial charge is 0.461 e. The lowest BCUT2D eigenvalue weighted by molar-refractivity contribution is 0.0519. The quantitative estimate of drug-likeness (QED) is 0.872. The van der Waals surface area contributed by atoms with Gasteiger partial charge in [-0.3, -0.25) is 5.32 Å². The van der Waals surface area contributed by atoms with Crippen LogP contribution in [0.1, 0.15) is 38.2 Å². The van der Waals surface area contributed by atoms with Crippen molar-refractivity contribution in [1.82, 2.24) is 9.97 Å². The fraction of sp³-hybridized carbons (Fsp3) is 0.429. The number of aromatic nitrogens is 2. The Morgan fingerprint density at radius 1 is 1.36 bits per heavy atom. The van der Waals surface area contributed by atoms with Gasteiger partial charge in [-0.1, -0.05) is 11.3 Å². The zero-order chi connectivity index (χ0) is 16.3. The summed E-state index contributed by atoms with van der Waals surface area (Å²) in [7, 11) is 0. The van der Waals surface area contributed by atoms with E-state index in [9.17, 15) is 9.59 Å². The van der Waals surface area contributed by atoms with Crippen molar-refractivity contribution < 1.29 is 19.1 Å². The van der Waals surface area contributed by atoms with Crippen molar-refractivity contribution in [2.75, 3.05) is 11.9 Å². The molecule has 0 radical (unpaired) electrons.